The molecule has 3 rings (SSSR count). The third-order valence-electron chi connectivity index (χ3n) is 4.02. The van der Waals surface area contributed by atoms with E-state index in [2.05, 4.69) is 5.10 Å². The van der Waals surface area contributed by atoms with Gasteiger partial charge in [-0.3, -0.25) is 9.80 Å². The maximum atomic E-state index is 12.2. The van der Waals surface area contributed by atoms with Gasteiger partial charge in [0.15, 0.2) is 11.5 Å². The van der Waals surface area contributed by atoms with Crippen LogP contribution in [0.25, 0.3) is 5.57 Å². The van der Waals surface area contributed by atoms with Crippen molar-refractivity contribution in [3.8, 4) is 0 Å². The number of carbonyl (C=O) groups excluding carboxylic acids is 1. The number of hydrogen-bond donors (Lipinski definition) is 1. The van der Waals surface area contributed by atoms with Crippen molar-refractivity contribution in [1.29, 1.82) is 0 Å². The van der Waals surface area contributed by atoms with E-state index in [1.165, 1.54) is 5.01 Å². The van der Waals surface area contributed by atoms with E-state index in [-0.39, 0.29) is 11.5 Å². The minimum atomic E-state index is -1.11. The Bertz CT molecular complexity index is 831. The Hall–Kier alpha value is -2.95. The van der Waals surface area contributed by atoms with Crippen LogP contribution in [0, 0.1) is 6.92 Å². The van der Waals surface area contributed by atoms with E-state index in [0.717, 1.165) is 16.7 Å². The molecule has 2 aliphatic rings. The van der Waals surface area contributed by atoms with Crippen LogP contribution in [0.4, 0.5) is 0 Å². The minimum absolute atomic E-state index is 0.0423. The molecule has 0 radical (unpaired) electrons. The van der Waals surface area contributed by atoms with Gasteiger partial charge in [0.05, 0.1) is 6.54 Å². The minimum Gasteiger partial charge on any atom is -0.476 e. The van der Waals surface area contributed by atoms with Gasteiger partial charge in [-0.15, -0.1) is 0 Å². The number of allylic oxidation sites excluding steroid dienone is 2. The first-order valence-corrected chi connectivity index (χ1v) is 7.72. The monoisotopic (exact) mass is 322 g/mol. The molecule has 0 amide bonds. The lowest BCUT2D eigenvalue weighted by Gasteiger charge is -2.29. The van der Waals surface area contributed by atoms with Gasteiger partial charge in [-0.05, 0) is 31.1 Å². The number of carboxylic acid groups (broad SMARTS) is 1. The van der Waals surface area contributed by atoms with Crippen molar-refractivity contribution in [2.45, 2.75) is 19.9 Å². The van der Waals surface area contributed by atoms with Gasteiger partial charge in [-0.2, -0.15) is 5.10 Å². The van der Waals surface area contributed by atoms with E-state index < -0.39 is 12.0 Å². The molecule has 1 heterocycles. The fourth-order valence-corrected chi connectivity index (χ4v) is 2.85. The van der Waals surface area contributed by atoms with Gasteiger partial charge in [0, 0.05) is 5.57 Å². The third kappa shape index (κ3) is 3.06. The number of aryl methyl sites for hydroxylation is 1. The third-order valence-corrected chi connectivity index (χ3v) is 4.02. The van der Waals surface area contributed by atoms with Crippen LogP contribution in [0.3, 0.4) is 0 Å². The summed E-state index contributed by atoms with van der Waals surface area (Å²) >= 11 is 0. The Balaban J connectivity index is 1.93. The second-order valence-electron chi connectivity index (χ2n) is 5.96. The van der Waals surface area contributed by atoms with Crippen LogP contribution in [-0.4, -0.2) is 40.2 Å². The van der Waals surface area contributed by atoms with E-state index in [1.54, 1.807) is 12.2 Å². The Morgan fingerprint density at radius 3 is 2.79 bits per heavy atom. The van der Waals surface area contributed by atoms with Gasteiger partial charge >= 0.3 is 5.97 Å². The second kappa shape index (κ2) is 6.28. The van der Waals surface area contributed by atoms with Gasteiger partial charge in [0.1, 0.15) is 6.04 Å². The van der Waals surface area contributed by atoms with Crippen LogP contribution in [0.5, 0.6) is 0 Å². The van der Waals surface area contributed by atoms with Gasteiger partial charge in [-0.25, -0.2) is 4.79 Å². The number of aliphatic carboxylic acids is 1. The van der Waals surface area contributed by atoms with Gasteiger partial charge in [0.25, 0.3) is 0 Å². The fourth-order valence-electron chi connectivity index (χ4n) is 2.85. The largest absolute Gasteiger partial charge is 0.476 e. The highest BCUT2D eigenvalue weighted by molar-refractivity contribution is 6.53. The number of hydrazone groups is 1. The molecule has 5 heteroatoms. The van der Waals surface area contributed by atoms with Crippen molar-refractivity contribution in [3.63, 3.8) is 0 Å². The van der Waals surface area contributed by atoms with Crippen LogP contribution < -0.4 is 0 Å². The first-order chi connectivity index (χ1) is 11.5. The van der Waals surface area contributed by atoms with Crippen LogP contribution >= 0.6 is 0 Å². The molecule has 24 heavy (non-hydrogen) atoms. The molecule has 0 aromatic heterocycles. The molecule has 1 aliphatic heterocycles. The van der Waals surface area contributed by atoms with Crippen LogP contribution in [-0.2, 0) is 9.59 Å². The fraction of sp³-hybridized carbons (Fsp3) is 0.211. The zero-order valence-electron chi connectivity index (χ0n) is 13.6. The molecule has 0 fully saturated rings. The van der Waals surface area contributed by atoms with Crippen molar-refractivity contribution in [1.82, 2.24) is 5.01 Å². The van der Waals surface area contributed by atoms with Gasteiger partial charge in [0.2, 0.25) is 0 Å². The first kappa shape index (κ1) is 15.9. The highest BCUT2D eigenvalue weighted by Crippen LogP contribution is 2.24. The molecule has 1 aromatic carbocycles. The SMILES string of the molecule is CC1=CC(=O)C(N2CC=C(c3cccc(C)c3)C(C(=O)O)=N2)C=C1. The highest BCUT2D eigenvalue weighted by Gasteiger charge is 2.29. The van der Waals surface area contributed by atoms with Crippen molar-refractivity contribution in [3.05, 3.63) is 65.3 Å². The summed E-state index contributed by atoms with van der Waals surface area (Å²) in [7, 11) is 0. The zero-order valence-corrected chi connectivity index (χ0v) is 13.6. The molecule has 1 aliphatic carbocycles. The maximum absolute atomic E-state index is 12.2. The molecular weight excluding hydrogens is 304 g/mol. The van der Waals surface area contributed by atoms with E-state index >= 15 is 0 Å². The molecular formula is C19H18N2O3. The predicted octanol–water partition coefficient (Wildman–Crippen LogP) is 2.59. The summed E-state index contributed by atoms with van der Waals surface area (Å²) in [4.78, 5) is 23.8. The number of benzene rings is 1. The van der Waals surface area contributed by atoms with Crippen LogP contribution in [0.2, 0.25) is 0 Å². The summed E-state index contributed by atoms with van der Waals surface area (Å²) in [5, 5.41) is 15.3. The molecule has 1 N–H and O–H groups in total. The van der Waals surface area contributed by atoms with Gasteiger partial charge in [-0.1, -0.05) is 48.1 Å². The smallest absolute Gasteiger partial charge is 0.356 e. The summed E-state index contributed by atoms with van der Waals surface area (Å²) in [6, 6.07) is 7.08. The van der Waals surface area contributed by atoms with Crippen molar-refractivity contribution < 1.29 is 14.7 Å². The summed E-state index contributed by atoms with van der Waals surface area (Å²) in [5.41, 5.74) is 3.29. The summed E-state index contributed by atoms with van der Waals surface area (Å²) < 4.78 is 0. The summed E-state index contributed by atoms with van der Waals surface area (Å²) in [6.45, 7) is 4.19. The molecule has 1 aromatic rings. The Labute approximate surface area is 140 Å². The molecule has 5 nitrogen and oxygen atoms in total. The molecule has 0 spiro atoms. The highest BCUT2D eigenvalue weighted by atomic mass is 16.4. The number of carbonyl (C=O) groups is 2. The van der Waals surface area contributed by atoms with E-state index in [0.29, 0.717) is 12.1 Å². The number of ketones is 1. The number of nitrogens with zero attached hydrogens (tertiary/aromatic N) is 2. The summed E-state index contributed by atoms with van der Waals surface area (Å²) in [5.74, 6) is -1.19. The van der Waals surface area contributed by atoms with E-state index in [1.807, 2.05) is 50.3 Å². The number of carboxylic acids is 1. The lowest BCUT2D eigenvalue weighted by Crippen LogP contribution is -2.40. The van der Waals surface area contributed by atoms with E-state index in [9.17, 15) is 14.7 Å². The molecule has 0 saturated carbocycles. The topological polar surface area (TPSA) is 70.0 Å². The summed E-state index contributed by atoms with van der Waals surface area (Å²) in [6.07, 6.45) is 6.98. The van der Waals surface area contributed by atoms with Crippen molar-refractivity contribution in [2.24, 2.45) is 5.10 Å². The Morgan fingerprint density at radius 1 is 1.33 bits per heavy atom. The predicted molar refractivity (Wildman–Crippen MR) is 92.6 cm³/mol. The Kier molecular flexibility index (Phi) is 4.16. The van der Waals surface area contributed by atoms with E-state index in [4.69, 9.17) is 0 Å². The second-order valence-corrected chi connectivity index (χ2v) is 5.96. The van der Waals surface area contributed by atoms with Crippen LogP contribution in [0.1, 0.15) is 18.1 Å². The lowest BCUT2D eigenvalue weighted by molar-refractivity contribution is -0.129. The first-order valence-electron chi connectivity index (χ1n) is 7.72. The Morgan fingerprint density at radius 2 is 2.12 bits per heavy atom. The van der Waals surface area contributed by atoms with Crippen molar-refractivity contribution in [2.75, 3.05) is 6.54 Å². The molecule has 0 saturated heterocycles. The van der Waals surface area contributed by atoms with Gasteiger partial charge < -0.3 is 5.11 Å². The molecule has 1 atom stereocenters. The quantitative estimate of drug-likeness (QED) is 0.928. The number of rotatable bonds is 3. The maximum Gasteiger partial charge on any atom is 0.356 e. The zero-order chi connectivity index (χ0) is 17.3. The average Bonchev–Trinajstić information content (AvgIpc) is 2.54. The normalized spacial score (nSPS) is 20.4. The average molecular weight is 322 g/mol. The molecule has 0 bridgehead atoms. The lowest BCUT2D eigenvalue weighted by atomic mass is 9.97. The standard InChI is InChI=1S/C19H18N2O3/c1-12-4-3-5-14(10-12)15-8-9-21(20-18(15)19(23)24)16-7-6-13(2)11-17(16)22/h3-8,10-11,16H,9H2,1-2H3,(H,23,24). The van der Waals surface area contributed by atoms with Crippen molar-refractivity contribution >= 4 is 23.0 Å². The molecule has 1 unspecified atom stereocenters. The number of hydrogen-bond acceptors (Lipinski definition) is 4. The van der Waals surface area contributed by atoms with Crippen LogP contribution in [0.15, 0.2) is 59.2 Å². The molecule has 122 valence electrons.